The third kappa shape index (κ3) is 7.13. The van der Waals surface area contributed by atoms with E-state index in [1.807, 2.05) is 48.3 Å². The number of anilines is 6. The van der Waals surface area contributed by atoms with E-state index in [4.69, 9.17) is 0 Å². The van der Waals surface area contributed by atoms with Crippen LogP contribution in [-0.2, 0) is 27.2 Å². The zero-order valence-electron chi connectivity index (χ0n) is 28.6. The van der Waals surface area contributed by atoms with Crippen LogP contribution in [0.15, 0.2) is 152 Å². The zero-order valence-corrected chi connectivity index (χ0v) is 31.0. The Balaban J connectivity index is 0.000000213. The summed E-state index contributed by atoms with van der Waals surface area (Å²) in [5.41, 5.74) is 12.8. The van der Waals surface area contributed by atoms with Gasteiger partial charge >= 0.3 is 20.1 Å². The molecule has 0 bridgehead atoms. The average Bonchev–Trinajstić information content (AvgIpc) is 3.72. The minimum Gasteiger partial charge on any atom is -0.504 e. The molecular weight excluding hydrogens is 791 g/mol. The number of benzene rings is 6. The van der Waals surface area contributed by atoms with Gasteiger partial charge in [0.15, 0.2) is 0 Å². The Morgan fingerprint density at radius 2 is 1.26 bits per heavy atom. The van der Waals surface area contributed by atoms with Crippen LogP contribution in [-0.4, -0.2) is 16.6 Å². The van der Waals surface area contributed by atoms with Crippen molar-refractivity contribution in [3.8, 4) is 22.5 Å². The van der Waals surface area contributed by atoms with Crippen LogP contribution in [0.1, 0.15) is 11.1 Å². The molecule has 0 N–H and O–H groups in total. The number of hydrogen-bond acceptors (Lipinski definition) is 4. The van der Waals surface area contributed by atoms with Crippen LogP contribution in [0.3, 0.4) is 0 Å². The number of hydrogen-bond donors (Lipinski definition) is 0. The third-order valence-corrected chi connectivity index (χ3v) is 8.72. The Hall–Kier alpha value is -5.42. The fraction of sp³-hybridized carbons (Fsp3) is 0.0909. The maximum Gasteiger partial charge on any atom is 3.00 e. The number of fused-ring (bicyclic) bond motifs is 1. The standard InChI is InChI=1S/C30H26N3.C14H12N2.Ir/c1-22-19-28(33(26-13-6-4-7-14-26)27-15-8-5-9-16-27)20-23(2)29(22)24-11-10-12-25(21-24)30-31-17-18-32(30)3;1-15-11-16(12-7-3-2-4-8-12)14-10-6-5-9-13(14)15;/h4-11,13-21H,1-3H3;2-7,9-11H,1H3;/q-1;-2;+3. The van der Waals surface area contributed by atoms with Crippen molar-refractivity contribution in [2.45, 2.75) is 13.8 Å². The molecule has 50 heavy (non-hydrogen) atoms. The quantitative estimate of drug-likeness (QED) is 0.156. The minimum absolute atomic E-state index is 0. The summed E-state index contributed by atoms with van der Waals surface area (Å²) in [4.78, 5) is 11.1. The van der Waals surface area contributed by atoms with Crippen molar-refractivity contribution in [1.82, 2.24) is 9.55 Å². The molecule has 0 unspecified atom stereocenters. The van der Waals surface area contributed by atoms with E-state index in [1.54, 1.807) is 0 Å². The number of rotatable bonds is 6. The molecule has 0 fully saturated rings. The van der Waals surface area contributed by atoms with E-state index in [2.05, 4.69) is 175 Å². The smallest absolute Gasteiger partial charge is 0.504 e. The summed E-state index contributed by atoms with van der Waals surface area (Å²) in [6, 6.07) is 54.8. The van der Waals surface area contributed by atoms with Crippen molar-refractivity contribution in [1.29, 1.82) is 0 Å². The van der Waals surface area contributed by atoms with E-state index in [1.165, 1.54) is 33.6 Å². The Bertz CT molecular complexity index is 2100. The Labute approximate surface area is 309 Å². The van der Waals surface area contributed by atoms with Gasteiger partial charge in [-0.2, -0.15) is 37.0 Å². The molecule has 7 aromatic rings. The van der Waals surface area contributed by atoms with Crippen molar-refractivity contribution in [3.63, 3.8) is 0 Å². The Morgan fingerprint density at radius 1 is 0.640 bits per heavy atom. The maximum absolute atomic E-state index is 4.50. The third-order valence-electron chi connectivity index (χ3n) is 8.72. The molecule has 1 aromatic heterocycles. The van der Waals surface area contributed by atoms with Crippen LogP contribution >= 0.6 is 0 Å². The van der Waals surface area contributed by atoms with Gasteiger partial charge in [0.1, 0.15) is 0 Å². The van der Waals surface area contributed by atoms with Gasteiger partial charge in [0.25, 0.3) is 0 Å². The molecule has 0 aliphatic carbocycles. The molecule has 0 saturated carbocycles. The van der Waals surface area contributed by atoms with Crippen molar-refractivity contribution in [2.75, 3.05) is 21.7 Å². The molecule has 0 saturated heterocycles. The first kappa shape index (κ1) is 34.4. The van der Waals surface area contributed by atoms with Crippen molar-refractivity contribution < 1.29 is 20.1 Å². The molecule has 1 aliphatic heterocycles. The number of nitrogens with zero attached hydrogens (tertiary/aromatic N) is 5. The molecule has 0 amide bonds. The summed E-state index contributed by atoms with van der Waals surface area (Å²) in [5, 5.41) is 0. The fourth-order valence-electron chi connectivity index (χ4n) is 6.49. The van der Waals surface area contributed by atoms with Gasteiger partial charge < -0.3 is 19.3 Å². The molecule has 5 nitrogen and oxygen atoms in total. The molecule has 0 atom stereocenters. The first-order valence-electron chi connectivity index (χ1n) is 16.4. The van der Waals surface area contributed by atoms with E-state index in [0.29, 0.717) is 0 Å². The van der Waals surface area contributed by atoms with E-state index in [0.717, 1.165) is 34.1 Å². The Morgan fingerprint density at radius 3 is 1.86 bits per heavy atom. The summed E-state index contributed by atoms with van der Waals surface area (Å²) in [6.07, 6.45) is 3.78. The molecule has 1 aliphatic rings. The van der Waals surface area contributed by atoms with Crippen LogP contribution in [0, 0.1) is 32.6 Å². The summed E-state index contributed by atoms with van der Waals surface area (Å²) in [6.45, 7) is 6.46. The number of imidazole rings is 1. The molecule has 2 heterocycles. The second-order valence-electron chi connectivity index (χ2n) is 12.1. The van der Waals surface area contributed by atoms with Crippen LogP contribution in [0.5, 0.6) is 0 Å². The second-order valence-corrected chi connectivity index (χ2v) is 12.1. The van der Waals surface area contributed by atoms with Crippen molar-refractivity contribution >= 4 is 34.1 Å². The molecule has 0 spiro atoms. The molecule has 6 aromatic carbocycles. The first-order chi connectivity index (χ1) is 24.0. The van der Waals surface area contributed by atoms with E-state index < -0.39 is 0 Å². The number of para-hydroxylation sites is 5. The van der Waals surface area contributed by atoms with Gasteiger partial charge in [-0.1, -0.05) is 48.5 Å². The van der Waals surface area contributed by atoms with Gasteiger partial charge in [-0.3, -0.25) is 4.98 Å². The van der Waals surface area contributed by atoms with Crippen molar-refractivity contribution in [2.24, 2.45) is 7.05 Å². The number of aromatic nitrogens is 2. The van der Waals surface area contributed by atoms with Gasteiger partial charge in [-0.15, -0.1) is 41.1 Å². The normalized spacial score (nSPS) is 11.7. The van der Waals surface area contributed by atoms with Crippen molar-refractivity contribution in [3.05, 3.63) is 182 Å². The van der Waals surface area contributed by atoms with Crippen LogP contribution in [0.25, 0.3) is 22.5 Å². The fourth-order valence-corrected chi connectivity index (χ4v) is 6.49. The second kappa shape index (κ2) is 15.4. The average molecular weight is 829 g/mol. The maximum atomic E-state index is 4.50. The van der Waals surface area contributed by atoms with E-state index >= 15 is 0 Å². The van der Waals surface area contributed by atoms with Gasteiger partial charge in [0, 0.05) is 47.9 Å². The van der Waals surface area contributed by atoms with Gasteiger partial charge in [-0.25, -0.2) is 0 Å². The predicted octanol–water partition coefficient (Wildman–Crippen LogP) is 10.8. The van der Waals surface area contributed by atoms with E-state index in [-0.39, 0.29) is 20.1 Å². The van der Waals surface area contributed by atoms with Gasteiger partial charge in [-0.05, 0) is 86.1 Å². The first-order valence-corrected chi connectivity index (χ1v) is 16.4. The summed E-state index contributed by atoms with van der Waals surface area (Å²) in [5.74, 6) is 0.920. The van der Waals surface area contributed by atoms with Gasteiger partial charge in [0.05, 0.1) is 5.82 Å². The predicted molar refractivity (Wildman–Crippen MR) is 204 cm³/mol. The monoisotopic (exact) mass is 829 g/mol. The SMILES string of the molecule is CN1[CH-]N(c2[c-]cccc2)c2ccccc21.Cc1cc(N(c2ccccc2)c2ccccc2)cc(C)c1-c1cc[c-]c(-c2nccn2C)c1.[Ir+3]. The molecule has 6 heteroatoms. The number of aryl methyl sites for hydroxylation is 3. The van der Waals surface area contributed by atoms with Gasteiger partial charge in [0.2, 0.25) is 0 Å². The zero-order chi connectivity index (χ0) is 33.7. The van der Waals surface area contributed by atoms with Crippen LogP contribution in [0.4, 0.5) is 34.1 Å². The molecule has 8 rings (SSSR count). The Kier molecular flexibility index (Phi) is 10.6. The topological polar surface area (TPSA) is 27.5 Å². The van der Waals surface area contributed by atoms with Crippen LogP contribution in [0.2, 0.25) is 0 Å². The summed E-state index contributed by atoms with van der Waals surface area (Å²) >= 11 is 0. The molecular formula is C44H38IrN5. The van der Waals surface area contributed by atoms with Crippen LogP contribution < -0.4 is 14.7 Å². The minimum atomic E-state index is 0. The summed E-state index contributed by atoms with van der Waals surface area (Å²) in [7, 11) is 4.07. The molecule has 0 radical (unpaired) electrons. The summed E-state index contributed by atoms with van der Waals surface area (Å²) < 4.78 is 2.02. The largest absolute Gasteiger partial charge is 3.00 e. The van der Waals surface area contributed by atoms with E-state index in [9.17, 15) is 0 Å². The molecule has 248 valence electrons.